The Morgan fingerprint density at radius 3 is 2.27 bits per heavy atom. The number of nitrogen functional groups attached to an aromatic ring is 1. The molecule has 0 spiro atoms. The van der Waals surface area contributed by atoms with Crippen LogP contribution in [0.1, 0.15) is 11.1 Å². The van der Waals surface area contributed by atoms with Gasteiger partial charge in [0.1, 0.15) is 5.84 Å². The van der Waals surface area contributed by atoms with E-state index in [2.05, 4.69) is 0 Å². The summed E-state index contributed by atoms with van der Waals surface area (Å²) in [6, 6.07) is 6.37. The molecule has 0 atom stereocenters. The van der Waals surface area contributed by atoms with Gasteiger partial charge in [0.15, 0.2) is 0 Å². The van der Waals surface area contributed by atoms with Crippen molar-refractivity contribution in [1.29, 1.82) is 5.41 Å². The molecular formula is C8H7N2O. The van der Waals surface area contributed by atoms with Crippen molar-refractivity contribution < 1.29 is 4.79 Å². The fraction of sp³-hybridized carbons (Fsp3) is 0. The van der Waals surface area contributed by atoms with Crippen LogP contribution in [0.15, 0.2) is 24.3 Å². The molecule has 3 heteroatoms. The molecule has 0 amide bonds. The zero-order valence-corrected chi connectivity index (χ0v) is 5.79. The van der Waals surface area contributed by atoms with E-state index in [0.717, 1.165) is 0 Å². The quantitative estimate of drug-likeness (QED) is 0.470. The molecule has 1 aromatic rings. The molecule has 55 valence electrons. The van der Waals surface area contributed by atoms with Gasteiger partial charge >= 0.3 is 0 Å². The van der Waals surface area contributed by atoms with Gasteiger partial charge in [0.25, 0.3) is 0 Å². The molecule has 0 saturated carbocycles. The lowest BCUT2D eigenvalue weighted by Gasteiger charge is -1.95. The summed E-state index contributed by atoms with van der Waals surface area (Å²) >= 11 is 0. The number of rotatable bonds is 2. The van der Waals surface area contributed by atoms with Crippen LogP contribution < -0.4 is 5.73 Å². The molecule has 11 heavy (non-hydrogen) atoms. The van der Waals surface area contributed by atoms with E-state index in [-0.39, 0.29) is 5.84 Å². The number of benzene rings is 1. The minimum absolute atomic E-state index is 0.00227. The Morgan fingerprint density at radius 2 is 1.91 bits per heavy atom. The van der Waals surface area contributed by atoms with Gasteiger partial charge in [0.05, 0.1) is 0 Å². The molecule has 0 aliphatic heterocycles. The van der Waals surface area contributed by atoms with Crippen LogP contribution in [-0.4, -0.2) is 12.1 Å². The largest absolute Gasteiger partial charge is 0.384 e. The molecule has 3 nitrogen and oxygen atoms in total. The minimum atomic E-state index is 0.00227. The zero-order chi connectivity index (χ0) is 8.27. The maximum Gasteiger partial charge on any atom is 0.233 e. The first-order valence-electron chi connectivity index (χ1n) is 3.06. The van der Waals surface area contributed by atoms with Crippen molar-refractivity contribution in [1.82, 2.24) is 0 Å². The van der Waals surface area contributed by atoms with Crippen molar-refractivity contribution in [3.05, 3.63) is 35.4 Å². The Hall–Kier alpha value is -1.64. The van der Waals surface area contributed by atoms with Gasteiger partial charge < -0.3 is 5.73 Å². The van der Waals surface area contributed by atoms with Gasteiger partial charge in [-0.15, -0.1) is 0 Å². The summed E-state index contributed by atoms with van der Waals surface area (Å²) < 4.78 is 0. The van der Waals surface area contributed by atoms with Crippen molar-refractivity contribution in [3.63, 3.8) is 0 Å². The average Bonchev–Trinajstić information content (AvgIpc) is 2.05. The van der Waals surface area contributed by atoms with E-state index in [1.165, 1.54) is 0 Å². The van der Waals surface area contributed by atoms with Crippen molar-refractivity contribution >= 4 is 12.1 Å². The predicted octanol–water partition coefficient (Wildman–Crippen LogP) is 0.428. The second kappa shape index (κ2) is 2.96. The molecule has 0 aliphatic rings. The first kappa shape index (κ1) is 7.47. The van der Waals surface area contributed by atoms with Crippen LogP contribution in [0.4, 0.5) is 0 Å². The Kier molecular flexibility index (Phi) is 2.01. The summed E-state index contributed by atoms with van der Waals surface area (Å²) in [4.78, 5) is 10.1. The van der Waals surface area contributed by atoms with E-state index >= 15 is 0 Å². The van der Waals surface area contributed by atoms with Crippen LogP contribution in [0, 0.1) is 5.41 Å². The van der Waals surface area contributed by atoms with Crippen molar-refractivity contribution in [2.45, 2.75) is 0 Å². The first-order valence-corrected chi connectivity index (χ1v) is 3.06. The summed E-state index contributed by atoms with van der Waals surface area (Å²) in [6.07, 6.45) is 1.73. The molecule has 0 unspecified atom stereocenters. The number of hydrogen-bond donors (Lipinski definition) is 2. The van der Waals surface area contributed by atoms with Crippen LogP contribution in [0.2, 0.25) is 0 Å². The molecule has 1 aromatic carbocycles. The maximum absolute atomic E-state index is 10.1. The van der Waals surface area contributed by atoms with Gasteiger partial charge in [-0.2, -0.15) is 0 Å². The van der Waals surface area contributed by atoms with Crippen LogP contribution in [0.25, 0.3) is 0 Å². The highest BCUT2D eigenvalue weighted by Crippen LogP contribution is 2.00. The van der Waals surface area contributed by atoms with Crippen molar-refractivity contribution in [2.75, 3.05) is 0 Å². The van der Waals surface area contributed by atoms with Crippen molar-refractivity contribution in [3.8, 4) is 0 Å². The molecule has 0 heterocycles. The Bertz CT molecular complexity index is 277. The van der Waals surface area contributed by atoms with Crippen LogP contribution in [0.3, 0.4) is 0 Å². The molecular weight excluding hydrogens is 140 g/mol. The lowest BCUT2D eigenvalue weighted by molar-refractivity contribution is 0.563. The van der Waals surface area contributed by atoms with Gasteiger partial charge in [0.2, 0.25) is 6.29 Å². The molecule has 0 aromatic heterocycles. The Labute approximate surface area is 64.3 Å². The third kappa shape index (κ3) is 1.64. The highest BCUT2D eigenvalue weighted by atomic mass is 16.1. The molecule has 0 bridgehead atoms. The van der Waals surface area contributed by atoms with E-state index < -0.39 is 0 Å². The number of nitrogens with one attached hydrogen (secondary N) is 1. The third-order valence-corrected chi connectivity index (χ3v) is 1.31. The lowest BCUT2D eigenvalue weighted by Crippen LogP contribution is -2.10. The topological polar surface area (TPSA) is 66.9 Å². The normalized spacial score (nSPS) is 9.09. The third-order valence-electron chi connectivity index (χ3n) is 1.31. The molecule has 1 rings (SSSR count). The van der Waals surface area contributed by atoms with Gasteiger partial charge in [-0.05, 0) is 0 Å². The fourth-order valence-corrected chi connectivity index (χ4v) is 0.718. The lowest BCUT2D eigenvalue weighted by atomic mass is 10.1. The summed E-state index contributed by atoms with van der Waals surface area (Å²) in [5, 5.41) is 7.04. The van der Waals surface area contributed by atoms with E-state index in [0.29, 0.717) is 11.1 Å². The van der Waals surface area contributed by atoms with Crippen molar-refractivity contribution in [2.24, 2.45) is 5.73 Å². The molecule has 3 N–H and O–H groups in total. The summed E-state index contributed by atoms with van der Waals surface area (Å²) in [5.41, 5.74) is 6.27. The van der Waals surface area contributed by atoms with E-state index in [1.807, 2.05) is 0 Å². The zero-order valence-electron chi connectivity index (χ0n) is 5.79. The van der Waals surface area contributed by atoms with E-state index in [4.69, 9.17) is 11.1 Å². The smallest absolute Gasteiger partial charge is 0.233 e. The number of hydrogen-bond acceptors (Lipinski definition) is 2. The maximum atomic E-state index is 10.1. The van der Waals surface area contributed by atoms with Crippen LogP contribution in [-0.2, 0) is 4.79 Å². The van der Waals surface area contributed by atoms with Crippen LogP contribution >= 0.6 is 0 Å². The van der Waals surface area contributed by atoms with Gasteiger partial charge in [-0.25, -0.2) is 0 Å². The standard InChI is InChI=1S/C8H7N2O/c9-8(10)7-3-1-6(5-11)2-4-7/h1-4H,(H3,9,10). The number of nitrogens with two attached hydrogens (primary N) is 1. The number of carbonyl (C=O) groups excluding carboxylic acids is 1. The Morgan fingerprint density at radius 1 is 1.36 bits per heavy atom. The highest BCUT2D eigenvalue weighted by Gasteiger charge is 1.94. The highest BCUT2D eigenvalue weighted by molar-refractivity contribution is 5.95. The molecule has 0 fully saturated rings. The van der Waals surface area contributed by atoms with E-state index in [9.17, 15) is 4.79 Å². The van der Waals surface area contributed by atoms with Gasteiger partial charge in [0, 0.05) is 11.1 Å². The summed E-state index contributed by atoms with van der Waals surface area (Å²) in [6.45, 7) is 0. The van der Waals surface area contributed by atoms with E-state index in [1.54, 1.807) is 30.6 Å². The monoisotopic (exact) mass is 147 g/mol. The number of amidine groups is 1. The minimum Gasteiger partial charge on any atom is -0.384 e. The average molecular weight is 147 g/mol. The van der Waals surface area contributed by atoms with Crippen LogP contribution in [0.5, 0.6) is 0 Å². The fourth-order valence-electron chi connectivity index (χ4n) is 0.718. The molecule has 1 radical (unpaired) electrons. The predicted molar refractivity (Wildman–Crippen MR) is 42.3 cm³/mol. The van der Waals surface area contributed by atoms with Gasteiger partial charge in [-0.3, -0.25) is 10.2 Å². The SMILES string of the molecule is N=C(N)c1ccc([C]=O)cc1. The second-order valence-electron chi connectivity index (χ2n) is 2.09. The Balaban J connectivity index is 3.00. The molecule has 0 aliphatic carbocycles. The summed E-state index contributed by atoms with van der Waals surface area (Å²) in [7, 11) is 0. The second-order valence-corrected chi connectivity index (χ2v) is 2.09. The first-order chi connectivity index (χ1) is 5.24. The summed E-state index contributed by atoms with van der Waals surface area (Å²) in [5.74, 6) is 0.00227. The van der Waals surface area contributed by atoms with Gasteiger partial charge in [-0.1, -0.05) is 24.3 Å². The molecule has 0 saturated heterocycles.